The van der Waals surface area contributed by atoms with E-state index >= 15 is 0 Å². The average molecular weight is 452 g/mol. The molecule has 0 spiro atoms. The molecule has 0 fully saturated rings. The number of rotatable bonds is 6. The van der Waals surface area contributed by atoms with E-state index in [2.05, 4.69) is 9.71 Å². The highest BCUT2D eigenvalue weighted by Gasteiger charge is 2.21. The highest BCUT2D eigenvalue weighted by Crippen LogP contribution is 2.31. The maximum atomic E-state index is 12.9. The van der Waals surface area contributed by atoms with Crippen molar-refractivity contribution in [3.63, 3.8) is 0 Å². The highest BCUT2D eigenvalue weighted by molar-refractivity contribution is 7.92. The average Bonchev–Trinajstić information content (AvgIpc) is 3.25. The quantitative estimate of drug-likeness (QED) is 0.308. The summed E-state index contributed by atoms with van der Waals surface area (Å²) in [5, 5.41) is 13.8. The molecule has 0 atom stereocenters. The summed E-state index contributed by atoms with van der Waals surface area (Å²) in [7, 11) is -4.01. The number of anilines is 1. The van der Waals surface area contributed by atoms with E-state index in [1.807, 2.05) is 41.8 Å². The van der Waals surface area contributed by atoms with Gasteiger partial charge in [-0.25, -0.2) is 13.4 Å². The number of hydrogen-bond donors (Lipinski definition) is 1. The number of thiazole rings is 1. The highest BCUT2D eigenvalue weighted by atomic mass is 32.2. The largest absolute Gasteiger partial charge is 0.280 e. The van der Waals surface area contributed by atoms with Gasteiger partial charge in [-0.05, 0) is 24.6 Å². The zero-order valence-electron chi connectivity index (χ0n) is 16.3. The summed E-state index contributed by atoms with van der Waals surface area (Å²) < 4.78 is 28.3. The third-order valence-electron chi connectivity index (χ3n) is 4.61. The number of non-ortho nitro benzene ring substituents is 1. The molecular weight excluding hydrogens is 434 g/mol. The van der Waals surface area contributed by atoms with Crippen molar-refractivity contribution in [2.24, 2.45) is 0 Å². The van der Waals surface area contributed by atoms with Crippen LogP contribution in [0.3, 0.4) is 0 Å². The first kappa shape index (κ1) is 20.7. The number of sulfonamides is 1. The Balaban J connectivity index is 1.63. The van der Waals surface area contributed by atoms with E-state index in [4.69, 9.17) is 0 Å². The summed E-state index contributed by atoms with van der Waals surface area (Å²) in [6.07, 6.45) is 0. The molecular formula is C22H17N3O4S2. The Morgan fingerprint density at radius 3 is 2.45 bits per heavy atom. The maximum absolute atomic E-state index is 12.9. The second-order valence-electron chi connectivity index (χ2n) is 6.80. The van der Waals surface area contributed by atoms with Crippen molar-refractivity contribution < 1.29 is 13.3 Å². The van der Waals surface area contributed by atoms with Crippen molar-refractivity contribution in [1.29, 1.82) is 0 Å². The third kappa shape index (κ3) is 4.47. The topological polar surface area (TPSA) is 102 Å². The summed E-state index contributed by atoms with van der Waals surface area (Å²) >= 11 is 1.51. The Morgan fingerprint density at radius 2 is 1.71 bits per heavy atom. The summed E-state index contributed by atoms with van der Waals surface area (Å²) in [6, 6.07) is 20.4. The van der Waals surface area contributed by atoms with Crippen LogP contribution in [0.15, 0.2) is 83.1 Å². The molecule has 0 aliphatic carbocycles. The Hall–Kier alpha value is -3.56. The number of benzene rings is 3. The summed E-state index contributed by atoms with van der Waals surface area (Å²) in [6.45, 7) is 1.59. The molecule has 156 valence electrons. The zero-order valence-corrected chi connectivity index (χ0v) is 18.0. The minimum Gasteiger partial charge on any atom is -0.280 e. The SMILES string of the molecule is Cc1ccc([N+](=O)[O-])cc1S(=O)(=O)Nc1cccc(-c2csc(-c3ccccc3)n2)c1. The van der Waals surface area contributed by atoms with Crippen LogP contribution in [0.5, 0.6) is 0 Å². The molecule has 0 aliphatic heterocycles. The van der Waals surface area contributed by atoms with E-state index in [0.717, 1.165) is 27.9 Å². The molecule has 4 aromatic rings. The van der Waals surface area contributed by atoms with Crippen LogP contribution >= 0.6 is 11.3 Å². The van der Waals surface area contributed by atoms with E-state index in [1.54, 1.807) is 25.1 Å². The van der Waals surface area contributed by atoms with Crippen molar-refractivity contribution in [2.75, 3.05) is 4.72 Å². The molecule has 0 saturated carbocycles. The number of nitrogens with zero attached hydrogens (tertiary/aromatic N) is 2. The van der Waals surface area contributed by atoms with Crippen LogP contribution in [0.25, 0.3) is 21.8 Å². The van der Waals surface area contributed by atoms with Crippen molar-refractivity contribution in [3.05, 3.63) is 93.9 Å². The first-order valence-corrected chi connectivity index (χ1v) is 11.6. The van der Waals surface area contributed by atoms with E-state index in [-0.39, 0.29) is 10.6 Å². The second-order valence-corrected chi connectivity index (χ2v) is 9.31. The Bertz CT molecular complexity index is 1370. The molecule has 9 heteroatoms. The summed E-state index contributed by atoms with van der Waals surface area (Å²) in [5.41, 5.74) is 2.98. The van der Waals surface area contributed by atoms with E-state index in [9.17, 15) is 18.5 Å². The van der Waals surface area contributed by atoms with Crippen LogP contribution in [0.1, 0.15) is 5.56 Å². The molecule has 0 unspecified atom stereocenters. The molecule has 0 saturated heterocycles. The lowest BCUT2D eigenvalue weighted by Gasteiger charge is -2.11. The van der Waals surface area contributed by atoms with Gasteiger partial charge >= 0.3 is 0 Å². The van der Waals surface area contributed by atoms with Gasteiger partial charge in [0.1, 0.15) is 5.01 Å². The Kier molecular flexibility index (Phi) is 5.53. The van der Waals surface area contributed by atoms with Gasteiger partial charge in [0.25, 0.3) is 15.7 Å². The van der Waals surface area contributed by atoms with Gasteiger partial charge in [0, 0.05) is 34.3 Å². The molecule has 0 aliphatic rings. The molecule has 1 heterocycles. The molecule has 0 radical (unpaired) electrons. The minimum absolute atomic E-state index is 0.132. The molecule has 4 rings (SSSR count). The molecule has 0 bridgehead atoms. The first-order chi connectivity index (χ1) is 14.8. The zero-order chi connectivity index (χ0) is 22.0. The minimum atomic E-state index is -4.01. The predicted octanol–water partition coefficient (Wildman–Crippen LogP) is 5.49. The van der Waals surface area contributed by atoms with Crippen molar-refractivity contribution >= 4 is 32.7 Å². The Labute approximate surface area is 183 Å². The molecule has 1 N–H and O–H groups in total. The van der Waals surface area contributed by atoms with Gasteiger partial charge in [0.2, 0.25) is 0 Å². The van der Waals surface area contributed by atoms with Gasteiger partial charge in [-0.15, -0.1) is 11.3 Å². The van der Waals surface area contributed by atoms with E-state index < -0.39 is 14.9 Å². The smallest absolute Gasteiger partial charge is 0.270 e. The van der Waals surface area contributed by atoms with Gasteiger partial charge in [-0.2, -0.15) is 0 Å². The fourth-order valence-electron chi connectivity index (χ4n) is 3.06. The number of nitrogens with one attached hydrogen (secondary N) is 1. The van der Waals surface area contributed by atoms with Crippen LogP contribution in [0.2, 0.25) is 0 Å². The molecule has 7 nitrogen and oxygen atoms in total. The standard InChI is InChI=1S/C22H17N3O4S2/c1-15-10-11-19(25(26)27)13-21(15)31(28,29)24-18-9-5-8-17(12-18)20-14-30-22(23-20)16-6-3-2-4-7-16/h2-14,24H,1H3. The number of aryl methyl sites for hydroxylation is 1. The van der Waals surface area contributed by atoms with Gasteiger partial charge in [-0.3, -0.25) is 14.8 Å². The van der Waals surface area contributed by atoms with Gasteiger partial charge in [-0.1, -0.05) is 48.5 Å². The fraction of sp³-hybridized carbons (Fsp3) is 0.0455. The molecule has 0 amide bonds. The number of nitro benzene ring substituents is 1. The Morgan fingerprint density at radius 1 is 0.968 bits per heavy atom. The summed E-state index contributed by atoms with van der Waals surface area (Å²) in [4.78, 5) is 14.9. The van der Waals surface area contributed by atoms with Crippen LogP contribution in [-0.2, 0) is 10.0 Å². The van der Waals surface area contributed by atoms with Crippen LogP contribution in [0, 0.1) is 17.0 Å². The van der Waals surface area contributed by atoms with Crippen LogP contribution < -0.4 is 4.72 Å². The van der Waals surface area contributed by atoms with Gasteiger partial charge in [0.15, 0.2) is 0 Å². The number of aromatic nitrogens is 1. The van der Waals surface area contributed by atoms with Crippen molar-refractivity contribution in [2.45, 2.75) is 11.8 Å². The lowest BCUT2D eigenvalue weighted by atomic mass is 10.1. The lowest BCUT2D eigenvalue weighted by Crippen LogP contribution is -2.14. The third-order valence-corrected chi connectivity index (χ3v) is 7.02. The second kappa shape index (κ2) is 8.29. The monoisotopic (exact) mass is 451 g/mol. The first-order valence-electron chi connectivity index (χ1n) is 9.23. The molecule has 1 aromatic heterocycles. The van der Waals surface area contributed by atoms with Gasteiger partial charge < -0.3 is 0 Å². The van der Waals surface area contributed by atoms with E-state index in [1.165, 1.54) is 23.5 Å². The van der Waals surface area contributed by atoms with Crippen molar-refractivity contribution in [3.8, 4) is 21.8 Å². The molecule has 31 heavy (non-hydrogen) atoms. The number of hydrogen-bond acceptors (Lipinski definition) is 6. The van der Waals surface area contributed by atoms with Crippen LogP contribution in [0.4, 0.5) is 11.4 Å². The van der Waals surface area contributed by atoms with Gasteiger partial charge in [0.05, 0.1) is 15.5 Å². The van der Waals surface area contributed by atoms with E-state index in [0.29, 0.717) is 11.3 Å². The fourth-order valence-corrected chi connectivity index (χ4v) is 5.21. The lowest BCUT2D eigenvalue weighted by molar-refractivity contribution is -0.385. The normalized spacial score (nSPS) is 11.3. The summed E-state index contributed by atoms with van der Waals surface area (Å²) in [5.74, 6) is 0. The van der Waals surface area contributed by atoms with Crippen molar-refractivity contribution in [1.82, 2.24) is 4.98 Å². The number of nitro groups is 1. The predicted molar refractivity (Wildman–Crippen MR) is 122 cm³/mol. The molecule has 3 aromatic carbocycles. The van der Waals surface area contributed by atoms with Crippen LogP contribution in [-0.4, -0.2) is 18.3 Å². The maximum Gasteiger partial charge on any atom is 0.270 e.